The van der Waals surface area contributed by atoms with E-state index in [9.17, 15) is 0 Å². The van der Waals surface area contributed by atoms with Crippen LogP contribution in [0.2, 0.25) is 0 Å². The number of nitrogens with two attached hydrogens (primary N) is 1. The Hall–Kier alpha value is -1.55. The van der Waals surface area contributed by atoms with Crippen molar-refractivity contribution >= 4 is 5.96 Å². The molecule has 0 aliphatic heterocycles. The molecule has 0 atom stereocenters. The third-order valence-corrected chi connectivity index (χ3v) is 3.41. The summed E-state index contributed by atoms with van der Waals surface area (Å²) >= 11 is 0. The summed E-state index contributed by atoms with van der Waals surface area (Å²) in [5.74, 6) is 1.30. The molecular formula is C15H23N3O. The van der Waals surface area contributed by atoms with Crippen molar-refractivity contribution in [3.05, 3.63) is 35.9 Å². The number of guanidine groups is 1. The van der Waals surface area contributed by atoms with Crippen molar-refractivity contribution in [2.45, 2.75) is 25.9 Å². The number of aliphatic imine (C=N–C) groups is 1. The van der Waals surface area contributed by atoms with E-state index in [1.807, 2.05) is 18.2 Å². The predicted octanol–water partition coefficient (Wildman–Crippen LogP) is 1.91. The molecule has 3 N–H and O–H groups in total. The molecular weight excluding hydrogens is 238 g/mol. The van der Waals surface area contributed by atoms with E-state index in [4.69, 9.17) is 10.5 Å². The first-order chi connectivity index (χ1) is 9.34. The largest absolute Gasteiger partial charge is 0.375 e. The average molecular weight is 261 g/mol. The summed E-state index contributed by atoms with van der Waals surface area (Å²) in [6.07, 6.45) is 3.95. The highest BCUT2D eigenvalue weighted by Crippen LogP contribution is 2.26. The maximum Gasteiger partial charge on any atom is 0.188 e. The number of benzene rings is 1. The molecule has 2 rings (SSSR count). The summed E-state index contributed by atoms with van der Waals surface area (Å²) in [6.45, 7) is 2.84. The Morgan fingerprint density at radius 2 is 2.11 bits per heavy atom. The van der Waals surface area contributed by atoms with Crippen LogP contribution < -0.4 is 11.1 Å². The molecule has 0 amide bonds. The highest BCUT2D eigenvalue weighted by molar-refractivity contribution is 5.77. The Kier molecular flexibility index (Phi) is 5.69. The van der Waals surface area contributed by atoms with Gasteiger partial charge >= 0.3 is 0 Å². The molecule has 1 fully saturated rings. The normalized spacial score (nSPS) is 16.1. The van der Waals surface area contributed by atoms with Crippen molar-refractivity contribution < 1.29 is 4.74 Å². The van der Waals surface area contributed by atoms with Crippen LogP contribution in [0.3, 0.4) is 0 Å². The lowest BCUT2D eigenvalue weighted by atomic mass is 9.86. The standard InChI is InChI=1S/C15H23N3O/c16-15(18-11-13-7-4-8-13)17-9-10-19-12-14-5-2-1-3-6-14/h1-3,5-6,13H,4,7-12H2,(H3,16,17,18). The second kappa shape index (κ2) is 7.79. The molecule has 1 aromatic rings. The molecule has 0 unspecified atom stereocenters. The van der Waals surface area contributed by atoms with Crippen LogP contribution in [0.15, 0.2) is 35.3 Å². The van der Waals surface area contributed by atoms with Gasteiger partial charge in [0.05, 0.1) is 13.2 Å². The minimum Gasteiger partial charge on any atom is -0.375 e. The van der Waals surface area contributed by atoms with Gasteiger partial charge in [0, 0.05) is 13.1 Å². The summed E-state index contributed by atoms with van der Waals surface area (Å²) in [4.78, 5) is 4.33. The molecule has 4 nitrogen and oxygen atoms in total. The van der Waals surface area contributed by atoms with Crippen LogP contribution in [0.5, 0.6) is 0 Å². The van der Waals surface area contributed by atoms with Crippen molar-refractivity contribution in [2.75, 3.05) is 19.7 Å². The lowest BCUT2D eigenvalue weighted by Gasteiger charge is -2.23. The van der Waals surface area contributed by atoms with Gasteiger partial charge in [-0.2, -0.15) is 0 Å². The van der Waals surface area contributed by atoms with Crippen LogP contribution in [0.25, 0.3) is 0 Å². The molecule has 1 aliphatic rings. The highest BCUT2D eigenvalue weighted by atomic mass is 16.5. The number of nitrogens with zero attached hydrogens (tertiary/aromatic N) is 1. The molecule has 0 bridgehead atoms. The van der Waals surface area contributed by atoms with Crippen LogP contribution in [0, 0.1) is 5.92 Å². The highest BCUT2D eigenvalue weighted by Gasteiger charge is 2.16. The zero-order valence-electron chi connectivity index (χ0n) is 11.3. The van der Waals surface area contributed by atoms with Crippen LogP contribution in [-0.4, -0.2) is 25.7 Å². The fourth-order valence-corrected chi connectivity index (χ4v) is 1.97. The van der Waals surface area contributed by atoms with E-state index in [1.165, 1.54) is 24.8 Å². The zero-order valence-corrected chi connectivity index (χ0v) is 11.3. The monoisotopic (exact) mass is 261 g/mol. The van der Waals surface area contributed by atoms with E-state index in [0.29, 0.717) is 25.7 Å². The summed E-state index contributed by atoms with van der Waals surface area (Å²) in [7, 11) is 0. The van der Waals surface area contributed by atoms with Crippen LogP contribution in [-0.2, 0) is 11.3 Å². The number of ether oxygens (including phenoxy) is 1. The second-order valence-electron chi connectivity index (χ2n) is 4.99. The van der Waals surface area contributed by atoms with E-state index in [0.717, 1.165) is 12.5 Å². The molecule has 1 aromatic carbocycles. The average Bonchev–Trinajstić information content (AvgIpc) is 2.38. The number of nitrogens with one attached hydrogen (secondary N) is 1. The molecule has 0 radical (unpaired) electrons. The number of rotatable bonds is 7. The van der Waals surface area contributed by atoms with Crippen molar-refractivity contribution in [3.8, 4) is 0 Å². The Bertz CT molecular complexity index is 388. The van der Waals surface area contributed by atoms with Gasteiger partial charge < -0.3 is 15.8 Å². The Morgan fingerprint density at radius 3 is 2.79 bits per heavy atom. The number of hydrogen-bond acceptors (Lipinski definition) is 2. The summed E-state index contributed by atoms with van der Waals surface area (Å²) in [5, 5.41) is 3.08. The van der Waals surface area contributed by atoms with Gasteiger partial charge in [-0.15, -0.1) is 0 Å². The minimum atomic E-state index is 0.537. The smallest absolute Gasteiger partial charge is 0.188 e. The van der Waals surface area contributed by atoms with Gasteiger partial charge in [-0.05, 0) is 24.3 Å². The molecule has 0 aromatic heterocycles. The van der Waals surface area contributed by atoms with Crippen LogP contribution in [0.1, 0.15) is 24.8 Å². The molecule has 0 saturated heterocycles. The third kappa shape index (κ3) is 5.30. The van der Waals surface area contributed by atoms with Gasteiger partial charge in [-0.1, -0.05) is 36.8 Å². The van der Waals surface area contributed by atoms with Crippen LogP contribution in [0.4, 0.5) is 0 Å². The molecule has 0 heterocycles. The van der Waals surface area contributed by atoms with Crippen molar-refractivity contribution in [1.29, 1.82) is 0 Å². The van der Waals surface area contributed by atoms with Gasteiger partial charge in [0.2, 0.25) is 0 Å². The first-order valence-corrected chi connectivity index (χ1v) is 7.00. The van der Waals surface area contributed by atoms with Crippen molar-refractivity contribution in [1.82, 2.24) is 5.32 Å². The Labute approximate surface area is 115 Å². The van der Waals surface area contributed by atoms with Gasteiger partial charge in [-0.3, -0.25) is 4.99 Å². The molecule has 104 valence electrons. The third-order valence-electron chi connectivity index (χ3n) is 3.41. The van der Waals surface area contributed by atoms with E-state index in [-0.39, 0.29) is 0 Å². The minimum absolute atomic E-state index is 0.537. The van der Waals surface area contributed by atoms with Gasteiger partial charge in [-0.25, -0.2) is 0 Å². The Balaban J connectivity index is 1.51. The van der Waals surface area contributed by atoms with Crippen LogP contribution >= 0.6 is 0 Å². The summed E-state index contributed by atoms with van der Waals surface area (Å²) < 4.78 is 5.55. The van der Waals surface area contributed by atoms with Gasteiger partial charge in [0.25, 0.3) is 0 Å². The molecule has 19 heavy (non-hydrogen) atoms. The summed E-state index contributed by atoms with van der Waals surface area (Å²) in [6, 6.07) is 10.2. The predicted molar refractivity (Wildman–Crippen MR) is 77.9 cm³/mol. The first-order valence-electron chi connectivity index (χ1n) is 7.00. The first kappa shape index (κ1) is 13.9. The topological polar surface area (TPSA) is 59.6 Å². The maximum atomic E-state index is 5.78. The van der Waals surface area contributed by atoms with Crippen molar-refractivity contribution in [3.63, 3.8) is 0 Å². The fraction of sp³-hybridized carbons (Fsp3) is 0.533. The molecule has 1 saturated carbocycles. The lowest BCUT2D eigenvalue weighted by molar-refractivity contribution is 0.125. The van der Waals surface area contributed by atoms with Gasteiger partial charge in [0.1, 0.15) is 0 Å². The van der Waals surface area contributed by atoms with Gasteiger partial charge in [0.15, 0.2) is 5.96 Å². The maximum absolute atomic E-state index is 5.78. The lowest BCUT2D eigenvalue weighted by Crippen LogP contribution is -2.35. The fourth-order valence-electron chi connectivity index (χ4n) is 1.97. The van der Waals surface area contributed by atoms with E-state index in [2.05, 4.69) is 22.4 Å². The zero-order chi connectivity index (χ0) is 13.3. The summed E-state index contributed by atoms with van der Waals surface area (Å²) in [5.41, 5.74) is 6.97. The quantitative estimate of drug-likeness (QED) is 0.448. The van der Waals surface area contributed by atoms with E-state index >= 15 is 0 Å². The second-order valence-corrected chi connectivity index (χ2v) is 4.99. The molecule has 4 heteroatoms. The number of hydrogen-bond donors (Lipinski definition) is 2. The van der Waals surface area contributed by atoms with E-state index < -0.39 is 0 Å². The molecule has 1 aliphatic carbocycles. The van der Waals surface area contributed by atoms with E-state index in [1.54, 1.807) is 0 Å². The SMILES string of the molecule is NC(=NCC1CCC1)NCCOCc1ccccc1. The molecule has 0 spiro atoms. The van der Waals surface area contributed by atoms with Crippen molar-refractivity contribution in [2.24, 2.45) is 16.6 Å². The Morgan fingerprint density at radius 1 is 1.32 bits per heavy atom.